The van der Waals surface area contributed by atoms with Gasteiger partial charge in [-0.05, 0) is 58.1 Å². The Hall–Kier alpha value is -3.07. The predicted octanol–water partition coefficient (Wildman–Crippen LogP) is 4.21. The van der Waals surface area contributed by atoms with E-state index in [1.165, 1.54) is 6.08 Å². The molecule has 8 atom stereocenters. The van der Waals surface area contributed by atoms with E-state index in [2.05, 4.69) is 6.08 Å². The normalized spacial score (nSPS) is 34.9. The molecule has 0 radical (unpaired) electrons. The quantitative estimate of drug-likeness (QED) is 0.237. The third-order valence-electron chi connectivity index (χ3n) is 8.27. The number of aliphatic hydroxyl groups is 2. The lowest BCUT2D eigenvalue weighted by Gasteiger charge is -2.56. The lowest BCUT2D eigenvalue weighted by atomic mass is 9.53. The van der Waals surface area contributed by atoms with E-state index in [4.69, 9.17) is 14.6 Å². The minimum atomic E-state index is -1.19. The fraction of sp³-hybridized carbons (Fsp3) is 0.516. The van der Waals surface area contributed by atoms with Crippen LogP contribution in [0.2, 0.25) is 0 Å². The van der Waals surface area contributed by atoms with E-state index in [0.29, 0.717) is 12.0 Å². The van der Waals surface area contributed by atoms with Gasteiger partial charge in [-0.1, -0.05) is 61.1 Å². The summed E-state index contributed by atoms with van der Waals surface area (Å²) >= 11 is 0. The van der Waals surface area contributed by atoms with Gasteiger partial charge in [-0.2, -0.15) is 0 Å². The molecule has 39 heavy (non-hydrogen) atoms. The van der Waals surface area contributed by atoms with Crippen molar-refractivity contribution in [2.24, 2.45) is 23.2 Å². The number of ketones is 1. The molecule has 0 bridgehead atoms. The van der Waals surface area contributed by atoms with Crippen molar-refractivity contribution in [3.05, 3.63) is 71.4 Å². The monoisotopic (exact) mass is 540 g/mol. The molecule has 1 saturated heterocycles. The summed E-state index contributed by atoms with van der Waals surface area (Å²) in [6.45, 7) is 10.8. The smallest absolute Gasteiger partial charge is 0.328 e. The van der Waals surface area contributed by atoms with Gasteiger partial charge in [0, 0.05) is 12.0 Å². The second-order valence-electron chi connectivity index (χ2n) is 11.3. The fourth-order valence-corrected chi connectivity index (χ4v) is 5.81. The Morgan fingerprint density at radius 1 is 1.18 bits per heavy atom. The van der Waals surface area contributed by atoms with Crippen molar-refractivity contribution in [1.82, 2.24) is 0 Å². The van der Waals surface area contributed by atoms with Gasteiger partial charge in [0.25, 0.3) is 0 Å². The van der Waals surface area contributed by atoms with Crippen LogP contribution in [-0.2, 0) is 23.9 Å². The highest BCUT2D eigenvalue weighted by Gasteiger charge is 2.63. The molecule has 8 nitrogen and oxygen atoms in total. The van der Waals surface area contributed by atoms with Gasteiger partial charge in [-0.25, -0.2) is 4.79 Å². The first-order valence-electron chi connectivity index (χ1n) is 13.3. The second kappa shape index (κ2) is 12.0. The Bertz CT molecular complexity index is 1170. The molecule has 212 valence electrons. The first-order chi connectivity index (χ1) is 18.2. The van der Waals surface area contributed by atoms with E-state index in [1.54, 1.807) is 45.1 Å². The number of rotatable bonds is 8. The predicted molar refractivity (Wildman–Crippen MR) is 146 cm³/mol. The first kappa shape index (κ1) is 30.5. The van der Waals surface area contributed by atoms with Crippen molar-refractivity contribution >= 4 is 17.7 Å². The van der Waals surface area contributed by atoms with E-state index in [9.17, 15) is 24.6 Å². The average Bonchev–Trinajstić information content (AvgIpc) is 2.84. The van der Waals surface area contributed by atoms with E-state index in [1.807, 2.05) is 32.9 Å². The number of carbonyl (C=O) groups is 3. The molecule has 0 aromatic carbocycles. The first-order valence-corrected chi connectivity index (χ1v) is 13.3. The number of carboxylic acids is 1. The summed E-state index contributed by atoms with van der Waals surface area (Å²) in [5, 5.41) is 29.7. The van der Waals surface area contributed by atoms with Crippen LogP contribution in [0.25, 0.3) is 0 Å². The lowest BCUT2D eigenvalue weighted by molar-refractivity contribution is -0.242. The van der Waals surface area contributed by atoms with Gasteiger partial charge < -0.3 is 24.8 Å². The highest BCUT2D eigenvalue weighted by Crippen LogP contribution is 2.56. The zero-order chi connectivity index (χ0) is 29.1. The zero-order valence-electron chi connectivity index (χ0n) is 23.5. The summed E-state index contributed by atoms with van der Waals surface area (Å²) in [6.07, 6.45) is 12.6. The van der Waals surface area contributed by atoms with Crippen LogP contribution >= 0.6 is 0 Å². The number of carbonyl (C=O) groups excluding carboxylic acids is 2. The maximum Gasteiger partial charge on any atom is 0.328 e. The van der Waals surface area contributed by atoms with Gasteiger partial charge >= 0.3 is 11.9 Å². The second-order valence-corrected chi connectivity index (χ2v) is 11.3. The Labute approximate surface area is 230 Å². The van der Waals surface area contributed by atoms with Crippen LogP contribution < -0.4 is 0 Å². The minimum absolute atomic E-state index is 0.116. The molecule has 2 aliphatic carbocycles. The summed E-state index contributed by atoms with van der Waals surface area (Å²) in [5.41, 5.74) is 0.195. The molecule has 1 aliphatic heterocycles. The molecule has 3 rings (SSSR count). The van der Waals surface area contributed by atoms with Crippen molar-refractivity contribution in [2.75, 3.05) is 0 Å². The van der Waals surface area contributed by atoms with Crippen LogP contribution in [0, 0.1) is 23.2 Å². The summed E-state index contributed by atoms with van der Waals surface area (Å²) in [6, 6.07) is 0. The van der Waals surface area contributed by atoms with Crippen molar-refractivity contribution in [1.29, 1.82) is 0 Å². The molecule has 3 aliphatic rings. The average molecular weight is 541 g/mol. The van der Waals surface area contributed by atoms with Gasteiger partial charge in [0.05, 0.1) is 29.5 Å². The molecule has 0 saturated carbocycles. The molecule has 1 heterocycles. The molecule has 0 amide bonds. The minimum Gasteiger partial charge on any atom is -0.478 e. The van der Waals surface area contributed by atoms with Gasteiger partial charge in [-0.15, -0.1) is 0 Å². The SMILES string of the molecule is CC(/C=C/C=C(\C)C(O)C(C)C(=O)OC1CC(C)C=C2C=CC3(C)OC(O)CC(=O)C3(C)C21)=C\C=C\C(=O)O. The summed E-state index contributed by atoms with van der Waals surface area (Å²) in [4.78, 5) is 37.2. The number of hydrogen-bond acceptors (Lipinski definition) is 7. The number of fused-ring (bicyclic) bond motifs is 3. The number of aliphatic carboxylic acids is 1. The van der Waals surface area contributed by atoms with Crippen LogP contribution in [0.1, 0.15) is 54.4 Å². The Morgan fingerprint density at radius 2 is 1.85 bits per heavy atom. The number of hydrogen-bond donors (Lipinski definition) is 3. The van der Waals surface area contributed by atoms with E-state index < -0.39 is 53.3 Å². The number of ether oxygens (including phenoxy) is 2. The molecule has 0 aromatic heterocycles. The number of allylic oxidation sites excluding steroid dienone is 8. The van der Waals surface area contributed by atoms with Gasteiger partial charge in [0.2, 0.25) is 0 Å². The molecule has 8 unspecified atom stereocenters. The maximum absolute atomic E-state index is 13.4. The van der Waals surface area contributed by atoms with Crippen LogP contribution in [0.4, 0.5) is 0 Å². The standard InChI is InChI=1S/C31H40O8/c1-18(10-8-12-25(33)34)9-7-11-20(3)28(36)21(4)29(37)38-23-16-19(2)15-22-13-14-30(5)31(6,27(22)23)24(32)17-26(35)39-30/h7-15,19,21,23,26-28,35-36H,16-17H2,1-6H3,(H,33,34)/b9-7+,12-8+,18-10+,20-11+. The Kier molecular flexibility index (Phi) is 9.36. The molecular formula is C31H40O8. The third kappa shape index (κ3) is 6.40. The molecule has 0 spiro atoms. The van der Waals surface area contributed by atoms with E-state index in [-0.39, 0.29) is 18.1 Å². The van der Waals surface area contributed by atoms with Crippen molar-refractivity contribution in [3.8, 4) is 0 Å². The van der Waals surface area contributed by atoms with Gasteiger partial charge in [-0.3, -0.25) is 9.59 Å². The van der Waals surface area contributed by atoms with Crippen molar-refractivity contribution in [2.45, 2.75) is 78.5 Å². The number of esters is 1. The summed E-state index contributed by atoms with van der Waals surface area (Å²) < 4.78 is 11.9. The van der Waals surface area contributed by atoms with Gasteiger partial charge in [0.1, 0.15) is 11.9 Å². The van der Waals surface area contributed by atoms with Crippen LogP contribution in [0.15, 0.2) is 71.4 Å². The molecule has 0 aromatic rings. The number of Topliss-reactive ketones (excluding diaryl/α,β-unsaturated/α-hetero) is 1. The summed E-state index contributed by atoms with van der Waals surface area (Å²) in [5.74, 6) is -2.91. The highest BCUT2D eigenvalue weighted by molar-refractivity contribution is 5.89. The van der Waals surface area contributed by atoms with Crippen LogP contribution in [-0.4, -0.2) is 57.1 Å². The van der Waals surface area contributed by atoms with Crippen LogP contribution in [0.3, 0.4) is 0 Å². The topological polar surface area (TPSA) is 130 Å². The Morgan fingerprint density at radius 3 is 2.51 bits per heavy atom. The zero-order valence-corrected chi connectivity index (χ0v) is 23.5. The number of carboxylic acid groups (broad SMARTS) is 1. The van der Waals surface area contributed by atoms with E-state index in [0.717, 1.165) is 17.2 Å². The molecular weight excluding hydrogens is 500 g/mol. The Balaban J connectivity index is 1.77. The molecule has 8 heteroatoms. The highest BCUT2D eigenvalue weighted by atomic mass is 16.6. The fourth-order valence-electron chi connectivity index (χ4n) is 5.81. The maximum atomic E-state index is 13.4. The van der Waals surface area contributed by atoms with Crippen LogP contribution in [0.5, 0.6) is 0 Å². The van der Waals surface area contributed by atoms with Crippen molar-refractivity contribution < 1.29 is 39.2 Å². The largest absolute Gasteiger partial charge is 0.478 e. The van der Waals surface area contributed by atoms with Gasteiger partial charge in [0.15, 0.2) is 6.29 Å². The molecule has 1 fully saturated rings. The van der Waals surface area contributed by atoms with E-state index >= 15 is 0 Å². The third-order valence-corrected chi connectivity index (χ3v) is 8.27. The summed E-state index contributed by atoms with van der Waals surface area (Å²) in [7, 11) is 0. The lowest BCUT2D eigenvalue weighted by Crippen LogP contribution is -2.64. The number of aliphatic hydroxyl groups excluding tert-OH is 2. The van der Waals surface area contributed by atoms with Crippen molar-refractivity contribution in [3.63, 3.8) is 0 Å². The molecule has 3 N–H and O–H groups in total.